The summed E-state index contributed by atoms with van der Waals surface area (Å²) in [4.78, 5) is 12.2. The van der Waals surface area contributed by atoms with Gasteiger partial charge in [-0.2, -0.15) is 17.0 Å². The van der Waals surface area contributed by atoms with Crippen molar-refractivity contribution in [2.24, 2.45) is 0 Å². The maximum atomic E-state index is 13.9. The lowest BCUT2D eigenvalue weighted by Crippen LogP contribution is -2.47. The topological polar surface area (TPSA) is 66.9 Å². The predicted molar refractivity (Wildman–Crippen MR) is 87.9 cm³/mol. The molecule has 0 unspecified atom stereocenters. The van der Waals surface area contributed by atoms with E-state index in [1.165, 1.54) is 0 Å². The van der Waals surface area contributed by atoms with Gasteiger partial charge in [-0.1, -0.05) is 30.3 Å². The van der Waals surface area contributed by atoms with Gasteiger partial charge in [-0.3, -0.25) is 0 Å². The molecular formula is C16H21FN2O4S. The summed E-state index contributed by atoms with van der Waals surface area (Å²) in [6, 6.07) is 8.90. The van der Waals surface area contributed by atoms with Gasteiger partial charge in [0.05, 0.1) is 6.54 Å². The number of rotatable bonds is 2. The van der Waals surface area contributed by atoms with E-state index in [0.717, 1.165) is 15.9 Å². The third-order valence-corrected chi connectivity index (χ3v) is 4.98. The third-order valence-electron chi connectivity index (χ3n) is 3.21. The zero-order chi connectivity index (χ0) is 18.0. The second-order valence-electron chi connectivity index (χ2n) is 6.42. The number of amides is 1. The Labute approximate surface area is 141 Å². The lowest BCUT2D eigenvalue weighted by Gasteiger charge is -2.29. The van der Waals surface area contributed by atoms with Crippen LogP contribution in [0.25, 0.3) is 0 Å². The van der Waals surface area contributed by atoms with Crippen LogP contribution < -0.4 is 0 Å². The van der Waals surface area contributed by atoms with Gasteiger partial charge in [-0.05, 0) is 32.4 Å². The van der Waals surface area contributed by atoms with Crippen molar-refractivity contribution >= 4 is 16.3 Å². The molecule has 24 heavy (non-hydrogen) atoms. The monoisotopic (exact) mass is 356 g/mol. The van der Waals surface area contributed by atoms with Crippen molar-refractivity contribution in [3.8, 4) is 0 Å². The van der Waals surface area contributed by atoms with Crippen LogP contribution in [0, 0.1) is 0 Å². The molecule has 1 aliphatic rings. The lowest BCUT2D eigenvalue weighted by molar-refractivity contribution is 0.0389. The van der Waals surface area contributed by atoms with E-state index in [2.05, 4.69) is 0 Å². The number of benzene rings is 1. The fourth-order valence-electron chi connectivity index (χ4n) is 2.12. The van der Waals surface area contributed by atoms with E-state index in [9.17, 15) is 17.6 Å². The van der Waals surface area contributed by atoms with Crippen LogP contribution in [0.3, 0.4) is 0 Å². The highest BCUT2D eigenvalue weighted by atomic mass is 32.2. The fraction of sp³-hybridized carbons (Fsp3) is 0.438. The number of halogens is 1. The van der Waals surface area contributed by atoms with Crippen molar-refractivity contribution in [1.29, 1.82) is 0 Å². The third kappa shape index (κ3) is 4.55. The maximum absolute atomic E-state index is 13.9. The van der Waals surface area contributed by atoms with Crippen molar-refractivity contribution < 1.29 is 22.3 Å². The van der Waals surface area contributed by atoms with Crippen LogP contribution in [0.15, 0.2) is 42.2 Å². The molecule has 0 fully saturated rings. The number of hydrogen-bond acceptors (Lipinski definition) is 4. The van der Waals surface area contributed by atoms with Crippen LogP contribution in [0.4, 0.5) is 9.18 Å². The summed E-state index contributed by atoms with van der Waals surface area (Å²) in [5.74, 6) is -0.694. The average molecular weight is 356 g/mol. The standard InChI is InChI=1S/C16H21FN2O4S/c1-16(2,3)23-15(20)19-12-14(17)9-10-18(24(19,21)22)11-13-7-5-4-6-8-13/h4-9H,10-12H2,1-3H3. The molecule has 1 heterocycles. The fourth-order valence-corrected chi connectivity index (χ4v) is 3.49. The first-order valence-electron chi connectivity index (χ1n) is 7.49. The van der Waals surface area contributed by atoms with Gasteiger partial charge >= 0.3 is 16.3 Å². The Morgan fingerprint density at radius 1 is 1.25 bits per heavy atom. The van der Waals surface area contributed by atoms with Crippen molar-refractivity contribution in [2.45, 2.75) is 32.9 Å². The van der Waals surface area contributed by atoms with Gasteiger partial charge in [0.15, 0.2) is 0 Å². The van der Waals surface area contributed by atoms with Crippen LogP contribution in [-0.2, 0) is 21.5 Å². The quantitative estimate of drug-likeness (QED) is 0.817. The average Bonchev–Trinajstić information content (AvgIpc) is 2.57. The van der Waals surface area contributed by atoms with Crippen LogP contribution in [0.1, 0.15) is 26.3 Å². The van der Waals surface area contributed by atoms with E-state index in [1.54, 1.807) is 45.0 Å². The van der Waals surface area contributed by atoms with Crippen LogP contribution >= 0.6 is 0 Å². The van der Waals surface area contributed by atoms with Gasteiger partial charge in [0.25, 0.3) is 0 Å². The summed E-state index contributed by atoms with van der Waals surface area (Å²) < 4.78 is 46.0. The lowest BCUT2D eigenvalue weighted by atomic mass is 10.2. The Kier molecular flexibility index (Phi) is 5.29. The minimum Gasteiger partial charge on any atom is -0.443 e. The molecule has 0 bridgehead atoms. The van der Waals surface area contributed by atoms with Crippen molar-refractivity contribution in [2.75, 3.05) is 13.1 Å². The SMILES string of the molecule is CC(C)(C)OC(=O)N1CC(F)=CCN(Cc2ccccc2)S1(=O)=O. The number of carbonyl (C=O) groups excluding carboxylic acids is 1. The second kappa shape index (κ2) is 6.90. The molecule has 0 saturated carbocycles. The van der Waals surface area contributed by atoms with E-state index >= 15 is 0 Å². The molecule has 2 rings (SSSR count). The zero-order valence-electron chi connectivity index (χ0n) is 13.9. The first-order chi connectivity index (χ1) is 11.1. The minimum atomic E-state index is -4.20. The van der Waals surface area contributed by atoms with Crippen molar-refractivity contribution in [3.05, 3.63) is 47.8 Å². The van der Waals surface area contributed by atoms with Crippen molar-refractivity contribution in [3.63, 3.8) is 0 Å². The molecule has 0 radical (unpaired) electrons. The van der Waals surface area contributed by atoms with Crippen LogP contribution in [0.5, 0.6) is 0 Å². The summed E-state index contributed by atoms with van der Waals surface area (Å²) >= 11 is 0. The van der Waals surface area contributed by atoms with Gasteiger partial charge in [0, 0.05) is 13.1 Å². The van der Waals surface area contributed by atoms with Crippen LogP contribution in [-0.4, -0.2) is 41.8 Å². The molecule has 6 nitrogen and oxygen atoms in total. The van der Waals surface area contributed by atoms with Gasteiger partial charge in [0.2, 0.25) is 0 Å². The summed E-state index contributed by atoms with van der Waals surface area (Å²) in [5.41, 5.74) is -0.149. The summed E-state index contributed by atoms with van der Waals surface area (Å²) in [6.45, 7) is 4.06. The maximum Gasteiger partial charge on any atom is 0.425 e. The second-order valence-corrected chi connectivity index (χ2v) is 8.28. The normalized spacial score (nSPS) is 18.7. The Bertz CT molecular complexity index is 726. The number of nitrogens with zero attached hydrogens (tertiary/aromatic N) is 2. The number of carbonyl (C=O) groups is 1. The molecule has 0 aliphatic carbocycles. The van der Waals surface area contributed by atoms with E-state index < -0.39 is 34.3 Å². The Hall–Kier alpha value is -1.93. The minimum absolute atomic E-state index is 0.0340. The summed E-state index contributed by atoms with van der Waals surface area (Å²) in [5, 5.41) is 0. The number of hydrogen-bond donors (Lipinski definition) is 0. The largest absolute Gasteiger partial charge is 0.443 e. The van der Waals surface area contributed by atoms with Gasteiger partial charge in [-0.15, -0.1) is 0 Å². The smallest absolute Gasteiger partial charge is 0.425 e. The van der Waals surface area contributed by atoms with Crippen LogP contribution in [0.2, 0.25) is 0 Å². The van der Waals surface area contributed by atoms with E-state index in [-0.39, 0.29) is 13.1 Å². The Morgan fingerprint density at radius 3 is 2.46 bits per heavy atom. The van der Waals surface area contributed by atoms with Gasteiger partial charge < -0.3 is 4.74 Å². The molecule has 1 amide bonds. The summed E-state index contributed by atoms with van der Waals surface area (Å²) in [6.07, 6.45) is 0.0659. The molecule has 0 N–H and O–H groups in total. The highest BCUT2D eigenvalue weighted by molar-refractivity contribution is 7.87. The molecule has 1 aromatic carbocycles. The Balaban J connectivity index is 2.31. The summed E-state index contributed by atoms with van der Waals surface area (Å²) in [7, 11) is -4.20. The molecule has 8 heteroatoms. The highest BCUT2D eigenvalue weighted by Gasteiger charge is 2.38. The molecule has 0 spiro atoms. The molecule has 1 aliphatic heterocycles. The van der Waals surface area contributed by atoms with Crippen molar-refractivity contribution in [1.82, 2.24) is 8.61 Å². The molecule has 132 valence electrons. The molecular weight excluding hydrogens is 335 g/mol. The van der Waals surface area contributed by atoms with E-state index in [1.807, 2.05) is 6.07 Å². The first-order valence-corrected chi connectivity index (χ1v) is 8.88. The number of ether oxygens (including phenoxy) is 1. The van der Waals surface area contributed by atoms with E-state index in [4.69, 9.17) is 4.74 Å². The first kappa shape index (κ1) is 18.4. The van der Waals surface area contributed by atoms with Gasteiger partial charge in [0.1, 0.15) is 11.4 Å². The van der Waals surface area contributed by atoms with Gasteiger partial charge in [-0.25, -0.2) is 9.18 Å². The Morgan fingerprint density at radius 2 is 1.88 bits per heavy atom. The molecule has 0 saturated heterocycles. The molecule has 1 aromatic rings. The molecule has 0 aromatic heterocycles. The highest BCUT2D eigenvalue weighted by Crippen LogP contribution is 2.22. The molecule has 0 atom stereocenters. The zero-order valence-corrected chi connectivity index (χ0v) is 14.7. The van der Waals surface area contributed by atoms with E-state index in [0.29, 0.717) is 4.31 Å². The predicted octanol–water partition coefficient (Wildman–Crippen LogP) is 2.84.